The monoisotopic (exact) mass is 366 g/mol. The van der Waals surface area contributed by atoms with E-state index in [4.69, 9.17) is 0 Å². The van der Waals surface area contributed by atoms with Crippen LogP contribution < -0.4 is 5.32 Å². The average Bonchev–Trinajstić information content (AvgIpc) is 2.90. The smallest absolute Gasteiger partial charge is 0.236 e. The Balaban J connectivity index is 1.68. The summed E-state index contributed by atoms with van der Waals surface area (Å²) >= 11 is 0. The second-order valence-corrected chi connectivity index (χ2v) is 8.70. The van der Waals surface area contributed by atoms with Crippen LogP contribution in [-0.2, 0) is 6.54 Å². The van der Waals surface area contributed by atoms with Gasteiger partial charge >= 0.3 is 0 Å². The Morgan fingerprint density at radius 1 is 1.15 bits per heavy atom. The van der Waals surface area contributed by atoms with Crippen molar-refractivity contribution < 1.29 is 0 Å². The van der Waals surface area contributed by atoms with E-state index < -0.39 is 0 Å². The van der Waals surface area contributed by atoms with Gasteiger partial charge in [-0.25, -0.2) is 4.98 Å². The second kappa shape index (κ2) is 7.46. The molecule has 2 aromatic heterocycles. The molecule has 0 amide bonds. The van der Waals surface area contributed by atoms with Gasteiger partial charge in [0.15, 0.2) is 11.5 Å². The van der Waals surface area contributed by atoms with E-state index in [9.17, 15) is 5.26 Å². The summed E-state index contributed by atoms with van der Waals surface area (Å²) in [5.74, 6) is 4.17. The van der Waals surface area contributed by atoms with Crippen molar-refractivity contribution in [3.8, 4) is 6.07 Å². The van der Waals surface area contributed by atoms with Gasteiger partial charge in [0.25, 0.3) is 0 Å². The molecule has 2 fully saturated rings. The van der Waals surface area contributed by atoms with E-state index in [1.54, 1.807) is 0 Å². The minimum Gasteiger partial charge on any atom is -0.365 e. The van der Waals surface area contributed by atoms with E-state index >= 15 is 0 Å². The number of nitriles is 1. The number of aromatic nitrogens is 4. The zero-order chi connectivity index (χ0) is 19.0. The third-order valence-corrected chi connectivity index (χ3v) is 6.69. The molecule has 2 aliphatic rings. The van der Waals surface area contributed by atoms with Gasteiger partial charge in [-0.15, -0.1) is 0 Å². The molecule has 2 aromatic rings. The molecule has 6 heteroatoms. The third kappa shape index (κ3) is 3.65. The molecule has 0 radical (unpaired) electrons. The number of hydrogen-bond donors (Lipinski definition) is 1. The first-order valence-corrected chi connectivity index (χ1v) is 10.5. The Kier molecular flexibility index (Phi) is 5.03. The summed E-state index contributed by atoms with van der Waals surface area (Å²) in [6, 6.07) is 2.44. The Morgan fingerprint density at radius 2 is 1.89 bits per heavy atom. The Labute approximate surface area is 161 Å². The molecule has 2 heterocycles. The number of fused-ring (bicyclic) bond motifs is 1. The molecular formula is C21H30N6. The van der Waals surface area contributed by atoms with Crippen LogP contribution in [0.4, 0.5) is 5.82 Å². The topological polar surface area (TPSA) is 79.4 Å². The SMILES string of the molecule is Cc1nc2nc(C#N)nc(N[C@H](C)C3CCC3)c2n1C[C@H]1CC[C@H](C)CC1. The van der Waals surface area contributed by atoms with E-state index in [1.807, 2.05) is 6.92 Å². The maximum atomic E-state index is 9.35. The van der Waals surface area contributed by atoms with Crippen molar-refractivity contribution in [1.82, 2.24) is 19.5 Å². The summed E-state index contributed by atoms with van der Waals surface area (Å²) < 4.78 is 2.28. The highest BCUT2D eigenvalue weighted by Gasteiger charge is 2.27. The van der Waals surface area contributed by atoms with Gasteiger partial charge in [0.1, 0.15) is 17.4 Å². The highest BCUT2D eigenvalue weighted by atomic mass is 15.2. The lowest BCUT2D eigenvalue weighted by molar-refractivity contribution is 0.265. The normalized spacial score (nSPS) is 24.4. The summed E-state index contributed by atoms with van der Waals surface area (Å²) in [6.07, 6.45) is 9.04. The number of rotatable bonds is 5. The predicted molar refractivity (Wildman–Crippen MR) is 106 cm³/mol. The molecule has 6 nitrogen and oxygen atoms in total. The first-order valence-electron chi connectivity index (χ1n) is 10.5. The van der Waals surface area contributed by atoms with Gasteiger partial charge in [-0.05, 0) is 57.3 Å². The predicted octanol–water partition coefficient (Wildman–Crippen LogP) is 4.43. The van der Waals surface area contributed by atoms with Gasteiger partial charge < -0.3 is 9.88 Å². The van der Waals surface area contributed by atoms with Crippen LogP contribution in [0.5, 0.6) is 0 Å². The molecule has 4 rings (SSSR count). The fourth-order valence-electron chi connectivity index (χ4n) is 4.56. The van der Waals surface area contributed by atoms with Crippen LogP contribution in [0.25, 0.3) is 11.2 Å². The number of nitrogens with one attached hydrogen (secondary N) is 1. The van der Waals surface area contributed by atoms with Gasteiger partial charge in [-0.3, -0.25) is 0 Å². The number of anilines is 1. The Hall–Kier alpha value is -2.16. The van der Waals surface area contributed by atoms with Crippen molar-refractivity contribution in [2.24, 2.45) is 17.8 Å². The van der Waals surface area contributed by atoms with Crippen LogP contribution >= 0.6 is 0 Å². The zero-order valence-electron chi connectivity index (χ0n) is 16.7. The van der Waals surface area contributed by atoms with Crippen molar-refractivity contribution in [2.45, 2.75) is 78.3 Å². The summed E-state index contributed by atoms with van der Waals surface area (Å²) in [5.41, 5.74) is 1.61. The van der Waals surface area contributed by atoms with Gasteiger partial charge in [-0.2, -0.15) is 15.2 Å². The molecule has 0 unspecified atom stereocenters. The molecule has 2 aliphatic carbocycles. The summed E-state index contributed by atoms with van der Waals surface area (Å²) in [4.78, 5) is 13.6. The third-order valence-electron chi connectivity index (χ3n) is 6.69. The lowest BCUT2D eigenvalue weighted by atomic mass is 9.80. The highest BCUT2D eigenvalue weighted by Crippen LogP contribution is 2.34. The van der Waals surface area contributed by atoms with Crippen molar-refractivity contribution in [3.63, 3.8) is 0 Å². The van der Waals surface area contributed by atoms with Crippen molar-refractivity contribution >= 4 is 17.0 Å². The van der Waals surface area contributed by atoms with Gasteiger partial charge in [0.05, 0.1) is 0 Å². The molecule has 27 heavy (non-hydrogen) atoms. The number of nitrogens with zero attached hydrogens (tertiary/aromatic N) is 5. The first-order chi connectivity index (χ1) is 13.0. The molecule has 0 aliphatic heterocycles. The van der Waals surface area contributed by atoms with Crippen molar-refractivity contribution in [1.29, 1.82) is 5.26 Å². The number of aryl methyl sites for hydroxylation is 1. The highest BCUT2D eigenvalue weighted by molar-refractivity contribution is 5.84. The van der Waals surface area contributed by atoms with E-state index in [0.717, 1.165) is 29.6 Å². The molecule has 0 spiro atoms. The van der Waals surface area contributed by atoms with E-state index in [0.29, 0.717) is 23.5 Å². The number of imidazole rings is 1. The molecule has 144 valence electrons. The molecule has 1 atom stereocenters. The molecule has 2 saturated carbocycles. The van der Waals surface area contributed by atoms with Crippen molar-refractivity contribution in [2.75, 3.05) is 5.32 Å². The van der Waals surface area contributed by atoms with E-state index in [2.05, 4.69) is 44.8 Å². The summed E-state index contributed by atoms with van der Waals surface area (Å²) in [6.45, 7) is 7.59. The molecule has 0 saturated heterocycles. The Bertz CT molecular complexity index is 852. The fraction of sp³-hybridized carbons (Fsp3) is 0.714. The Morgan fingerprint density at radius 3 is 2.52 bits per heavy atom. The minimum absolute atomic E-state index is 0.196. The fourth-order valence-corrected chi connectivity index (χ4v) is 4.56. The molecule has 0 bridgehead atoms. The van der Waals surface area contributed by atoms with E-state index in [-0.39, 0.29) is 5.82 Å². The van der Waals surface area contributed by atoms with Crippen LogP contribution in [-0.4, -0.2) is 25.6 Å². The van der Waals surface area contributed by atoms with Crippen molar-refractivity contribution in [3.05, 3.63) is 11.6 Å². The van der Waals surface area contributed by atoms with Gasteiger partial charge in [0.2, 0.25) is 5.82 Å². The van der Waals surface area contributed by atoms with Gasteiger partial charge in [0, 0.05) is 12.6 Å². The first kappa shape index (κ1) is 18.2. The molecule has 1 N–H and O–H groups in total. The quantitative estimate of drug-likeness (QED) is 0.846. The van der Waals surface area contributed by atoms with Crippen LogP contribution in [0.2, 0.25) is 0 Å². The summed E-state index contributed by atoms with van der Waals surface area (Å²) in [5, 5.41) is 12.9. The lowest BCUT2D eigenvalue weighted by Crippen LogP contribution is -2.31. The van der Waals surface area contributed by atoms with Crippen LogP contribution in [0.15, 0.2) is 0 Å². The van der Waals surface area contributed by atoms with Crippen LogP contribution in [0, 0.1) is 36.0 Å². The maximum absolute atomic E-state index is 9.35. The van der Waals surface area contributed by atoms with Crippen LogP contribution in [0.3, 0.4) is 0 Å². The molecular weight excluding hydrogens is 336 g/mol. The van der Waals surface area contributed by atoms with Crippen LogP contribution in [0.1, 0.15) is 70.4 Å². The largest absolute Gasteiger partial charge is 0.365 e. The van der Waals surface area contributed by atoms with E-state index in [1.165, 1.54) is 44.9 Å². The van der Waals surface area contributed by atoms with Gasteiger partial charge in [-0.1, -0.05) is 26.2 Å². The lowest BCUT2D eigenvalue weighted by Gasteiger charge is -2.32. The second-order valence-electron chi connectivity index (χ2n) is 8.70. The number of hydrogen-bond acceptors (Lipinski definition) is 5. The zero-order valence-corrected chi connectivity index (χ0v) is 16.7. The standard InChI is InChI=1S/C21H30N6/c1-13-7-9-16(10-8-13)12-27-15(3)24-21-19(27)20(25-18(11-22)26-21)23-14(2)17-5-4-6-17/h13-14,16-17H,4-10,12H2,1-3H3,(H,23,25,26)/t13-,14-,16-/m1/s1. The average molecular weight is 367 g/mol. The maximum Gasteiger partial charge on any atom is 0.236 e. The minimum atomic E-state index is 0.196. The summed E-state index contributed by atoms with van der Waals surface area (Å²) in [7, 11) is 0. The molecule has 0 aromatic carbocycles.